The molecule has 0 aliphatic carbocycles. The highest BCUT2D eigenvalue weighted by Gasteiger charge is 2.05. The van der Waals surface area contributed by atoms with Crippen LogP contribution in [0.15, 0.2) is 24.3 Å². The van der Waals surface area contributed by atoms with Crippen LogP contribution < -0.4 is 0 Å². The first-order valence-corrected chi connectivity index (χ1v) is 27.7. The highest BCUT2D eigenvalue weighted by atomic mass is 17.5. The second-order valence-electron chi connectivity index (χ2n) is 19.1. The summed E-state index contributed by atoms with van der Waals surface area (Å²) in [7, 11) is 0. The lowest BCUT2D eigenvalue weighted by molar-refractivity contribution is -0.485. The van der Waals surface area contributed by atoms with Crippen molar-refractivity contribution in [2.75, 3.05) is 13.2 Å². The van der Waals surface area contributed by atoms with Crippen LogP contribution in [0.25, 0.3) is 0 Å². The molecule has 8 nitrogen and oxygen atoms in total. The van der Waals surface area contributed by atoms with Crippen molar-refractivity contribution in [3.63, 3.8) is 0 Å². The van der Waals surface area contributed by atoms with Crippen LogP contribution in [0.2, 0.25) is 0 Å². The van der Waals surface area contributed by atoms with Crippen molar-refractivity contribution >= 4 is 23.5 Å². The molecule has 1 rings (SSSR count). The van der Waals surface area contributed by atoms with E-state index in [1.165, 1.54) is 237 Å². The van der Waals surface area contributed by atoms with Crippen molar-refractivity contribution in [2.45, 2.75) is 295 Å². The fourth-order valence-electron chi connectivity index (χ4n) is 8.76. The Balaban J connectivity index is 2.16. The number of hydrogen-bond donors (Lipinski definition) is 0. The summed E-state index contributed by atoms with van der Waals surface area (Å²) in [5.41, 5.74) is 0. The van der Waals surface area contributed by atoms with Crippen LogP contribution in [0.3, 0.4) is 0 Å². The van der Waals surface area contributed by atoms with E-state index in [0.717, 1.165) is 69.9 Å². The number of carbonyl (C=O) groups is 4. The maximum atomic E-state index is 12.2. The molecule has 1 aliphatic rings. The minimum atomic E-state index is -0.807. The summed E-state index contributed by atoms with van der Waals surface area (Å²) in [6.45, 7) is 0.714. The van der Waals surface area contributed by atoms with Crippen LogP contribution in [-0.2, 0) is 38.7 Å². The van der Waals surface area contributed by atoms with Crippen molar-refractivity contribution < 1.29 is 38.7 Å². The number of carbonyl (C=O) groups excluding carboxylic acids is 4. The highest BCUT2D eigenvalue weighted by molar-refractivity contribution is 5.98. The van der Waals surface area contributed by atoms with E-state index in [0.29, 0.717) is 26.1 Å². The van der Waals surface area contributed by atoms with Gasteiger partial charge in [-0.05, 0) is 42.9 Å². The van der Waals surface area contributed by atoms with Crippen LogP contribution in [-0.4, -0.2) is 36.7 Å². The summed E-state index contributed by atoms with van der Waals surface area (Å²) in [5.74, 6) is -1.14. The summed E-state index contributed by atoms with van der Waals surface area (Å²) in [4.78, 5) is 57.6. The van der Waals surface area contributed by atoms with Crippen LogP contribution in [0.4, 0.5) is 0 Å². The molecular weight excluding hydrogens is 801 g/mol. The molecule has 0 saturated carbocycles. The molecule has 0 atom stereocenters. The van der Waals surface area contributed by atoms with E-state index in [1.807, 2.05) is 0 Å². The molecule has 1 aliphatic heterocycles. The summed E-state index contributed by atoms with van der Waals surface area (Å²) in [6.07, 6.45) is 61.8. The molecule has 0 aromatic rings. The molecule has 0 radical (unpaired) electrons. The molecule has 0 bridgehead atoms. The number of rotatable bonds is 0. The van der Waals surface area contributed by atoms with Gasteiger partial charge >= 0.3 is 11.9 Å². The Kier molecular flexibility index (Phi) is 46.7. The summed E-state index contributed by atoms with van der Waals surface area (Å²) in [5, 5.41) is 4.53. The number of esters is 1. The largest absolute Gasteiger partial charge is 0.463 e. The predicted molar refractivity (Wildman–Crippen MR) is 265 cm³/mol. The van der Waals surface area contributed by atoms with Crippen LogP contribution in [0.1, 0.15) is 295 Å². The van der Waals surface area contributed by atoms with Gasteiger partial charge in [-0.2, -0.15) is 4.89 Å². The fourth-order valence-corrected chi connectivity index (χ4v) is 8.76. The number of ketones is 2. The smallest absolute Gasteiger partial charge is 0.369 e. The van der Waals surface area contributed by atoms with E-state index < -0.39 is 11.9 Å². The zero-order valence-electron chi connectivity index (χ0n) is 41.5. The Bertz CT molecular complexity index is 946. The summed E-state index contributed by atoms with van der Waals surface area (Å²) in [6, 6.07) is 0. The molecule has 0 unspecified atom stereocenters. The predicted octanol–water partition coefficient (Wildman–Crippen LogP) is 17.1. The third-order valence-electron chi connectivity index (χ3n) is 12.9. The van der Waals surface area contributed by atoms with Gasteiger partial charge in [0.05, 0.1) is 13.2 Å². The molecule has 0 saturated heterocycles. The average molecular weight is 901 g/mol. The molecule has 0 aromatic heterocycles. The van der Waals surface area contributed by atoms with E-state index in [-0.39, 0.29) is 11.6 Å². The normalized spacial score (nSPS) is 22.6. The molecule has 8 heteroatoms. The van der Waals surface area contributed by atoms with Crippen molar-refractivity contribution in [1.29, 1.82) is 0 Å². The van der Waals surface area contributed by atoms with Gasteiger partial charge in [0.2, 0.25) is 0 Å². The van der Waals surface area contributed by atoms with Gasteiger partial charge in [-0.15, -0.1) is 0 Å². The quantitative estimate of drug-likeness (QED) is 0.175. The van der Waals surface area contributed by atoms with Gasteiger partial charge in [0.15, 0.2) is 11.6 Å². The molecule has 372 valence electrons. The topological polar surface area (TPSA) is 105 Å². The Morgan fingerprint density at radius 2 is 0.484 bits per heavy atom. The molecule has 0 N–H and O–H groups in total. The highest BCUT2D eigenvalue weighted by Crippen LogP contribution is 2.18. The van der Waals surface area contributed by atoms with Gasteiger partial charge in [0.25, 0.3) is 0 Å². The monoisotopic (exact) mass is 901 g/mol. The molecule has 0 aromatic carbocycles. The first-order chi connectivity index (χ1) is 31.6. The molecular formula is C56H100O8. The average Bonchev–Trinajstić information content (AvgIpc) is 3.29. The maximum Gasteiger partial charge on any atom is 0.369 e. The molecule has 0 spiro atoms. The van der Waals surface area contributed by atoms with Crippen LogP contribution >= 0.6 is 0 Å². The minimum absolute atomic E-state index is 0.109. The first-order valence-electron chi connectivity index (χ1n) is 27.7. The third-order valence-corrected chi connectivity index (χ3v) is 12.9. The van der Waals surface area contributed by atoms with Gasteiger partial charge in [0.1, 0.15) is 0 Å². The first kappa shape index (κ1) is 59.7. The Morgan fingerprint density at radius 1 is 0.250 bits per heavy atom. The van der Waals surface area contributed by atoms with E-state index in [9.17, 15) is 19.2 Å². The number of cyclic esters (lactones) is 1. The zero-order valence-corrected chi connectivity index (χ0v) is 41.5. The minimum Gasteiger partial charge on any atom is -0.463 e. The van der Waals surface area contributed by atoms with Gasteiger partial charge in [0, 0.05) is 25.0 Å². The van der Waals surface area contributed by atoms with Crippen molar-refractivity contribution in [3.8, 4) is 0 Å². The molecule has 1 heterocycles. The number of allylic oxidation sites excluding steroid dienone is 2. The standard InChI is InChI=1S/C56H100O8/c57-53-45-41-37-33-29-25-21-17-13-9-5-2-1-3-7-11-15-19-23-27-31-35-39-43-51-61-55(59)49-50-56(60)63-64-62-52-44-40-36-32-28-24-20-16-12-8-4-6-10-14-18-22-26-30-34-38-42-46-54(58)48-47-53/h47-50H,1-46,51-52H2. The lowest BCUT2D eigenvalue weighted by atomic mass is 10.0. The Hall–Kier alpha value is -2.32. The molecule has 0 fully saturated rings. The fraction of sp³-hybridized carbons (Fsp3) is 0.857. The maximum absolute atomic E-state index is 12.2. The van der Waals surface area contributed by atoms with Crippen molar-refractivity contribution in [2.24, 2.45) is 0 Å². The number of hydrogen-bond acceptors (Lipinski definition) is 8. The zero-order chi connectivity index (χ0) is 45.9. The van der Waals surface area contributed by atoms with Gasteiger partial charge < -0.3 is 4.74 Å². The van der Waals surface area contributed by atoms with Gasteiger partial charge in [-0.1, -0.05) is 257 Å². The molecule has 0 amide bonds. The second kappa shape index (κ2) is 50.1. The summed E-state index contributed by atoms with van der Waals surface area (Å²) < 4.78 is 5.19. The Labute approximate surface area is 393 Å². The van der Waals surface area contributed by atoms with E-state index in [4.69, 9.17) is 9.62 Å². The van der Waals surface area contributed by atoms with E-state index in [1.54, 1.807) is 0 Å². The van der Waals surface area contributed by atoms with Crippen molar-refractivity contribution in [1.82, 2.24) is 0 Å². The molecule has 64 heavy (non-hydrogen) atoms. The second-order valence-corrected chi connectivity index (χ2v) is 19.1. The van der Waals surface area contributed by atoms with Crippen LogP contribution in [0.5, 0.6) is 0 Å². The van der Waals surface area contributed by atoms with Crippen molar-refractivity contribution in [3.05, 3.63) is 24.3 Å². The summed E-state index contributed by atoms with van der Waals surface area (Å²) >= 11 is 0. The third kappa shape index (κ3) is 47.6. The Morgan fingerprint density at radius 3 is 0.781 bits per heavy atom. The van der Waals surface area contributed by atoms with E-state index >= 15 is 0 Å². The van der Waals surface area contributed by atoms with Gasteiger partial charge in [-0.25, -0.2) is 9.59 Å². The SMILES string of the molecule is O=C1C=CC(=O)CCCCCCCCCCCCCCCCCCCCCCCOOOC(=O)C=CC(=O)OCCCCCCCCCCCCCCCCCCCCCCCCC1. The number of ether oxygens (including phenoxy) is 1. The lowest BCUT2D eigenvalue weighted by Gasteiger charge is -2.05. The van der Waals surface area contributed by atoms with E-state index in [2.05, 4.69) is 9.93 Å². The van der Waals surface area contributed by atoms with Crippen LogP contribution in [0, 0.1) is 0 Å². The lowest BCUT2D eigenvalue weighted by Crippen LogP contribution is -2.07. The van der Waals surface area contributed by atoms with Gasteiger partial charge in [-0.3, -0.25) is 14.5 Å².